The summed E-state index contributed by atoms with van der Waals surface area (Å²) in [6.07, 6.45) is 26.1. The van der Waals surface area contributed by atoms with Crippen molar-refractivity contribution >= 4 is 22.0 Å². The molecule has 0 aliphatic carbocycles. The first-order valence-corrected chi connectivity index (χ1v) is 17.2. The van der Waals surface area contributed by atoms with E-state index in [4.69, 9.17) is 0 Å². The zero-order chi connectivity index (χ0) is 19.3. The van der Waals surface area contributed by atoms with Gasteiger partial charge in [0.1, 0.15) is 6.69 Å². The standard InChI is InChI=1S/C24H51BrSi/c1-4-7-10-13-16-19-22-26(25,23-20-17-14-11-8-5-2)24-21-18-15-12-9-6-3/h4-24H2,1-3H3. The van der Waals surface area contributed by atoms with E-state index >= 15 is 0 Å². The van der Waals surface area contributed by atoms with E-state index in [0.29, 0.717) is 0 Å². The van der Waals surface area contributed by atoms with Crippen molar-refractivity contribution in [2.45, 2.75) is 154 Å². The van der Waals surface area contributed by atoms with Crippen molar-refractivity contribution in [3.8, 4) is 0 Å². The topological polar surface area (TPSA) is 0 Å². The lowest BCUT2D eigenvalue weighted by atomic mass is 10.1. The second kappa shape index (κ2) is 20.4. The summed E-state index contributed by atoms with van der Waals surface area (Å²) in [4.78, 5) is 0. The Morgan fingerprint density at radius 2 is 0.615 bits per heavy atom. The summed E-state index contributed by atoms with van der Waals surface area (Å²) in [5.41, 5.74) is 0. The highest BCUT2D eigenvalue weighted by molar-refractivity contribution is 9.26. The van der Waals surface area contributed by atoms with Crippen molar-refractivity contribution in [2.24, 2.45) is 0 Å². The highest BCUT2D eigenvalue weighted by Gasteiger charge is 2.28. The Balaban J connectivity index is 4.02. The molecule has 0 aromatic rings. The molecular weight excluding hydrogens is 396 g/mol. The highest BCUT2D eigenvalue weighted by atomic mass is 79.9. The fraction of sp³-hybridized carbons (Fsp3) is 1.00. The van der Waals surface area contributed by atoms with Gasteiger partial charge in [-0.1, -0.05) is 136 Å². The predicted octanol–water partition coefficient (Wildman–Crippen LogP) is 10.4. The number of halogens is 1. The molecule has 0 aromatic carbocycles. The van der Waals surface area contributed by atoms with Gasteiger partial charge in [-0.3, -0.25) is 0 Å². The number of hydrogen-bond donors (Lipinski definition) is 0. The minimum Gasteiger partial charge on any atom is -0.126 e. The molecule has 0 unspecified atom stereocenters. The third kappa shape index (κ3) is 18.1. The Kier molecular flexibility index (Phi) is 21.0. The normalized spacial score (nSPS) is 12.0. The molecular formula is C24H51BrSi. The Labute approximate surface area is 176 Å². The molecule has 0 radical (unpaired) electrons. The van der Waals surface area contributed by atoms with Crippen molar-refractivity contribution in [3.05, 3.63) is 0 Å². The maximum atomic E-state index is 4.37. The van der Waals surface area contributed by atoms with E-state index in [0.717, 1.165) is 0 Å². The molecule has 0 saturated heterocycles. The van der Waals surface area contributed by atoms with Gasteiger partial charge in [-0.05, 0) is 18.1 Å². The number of hydrogen-bond acceptors (Lipinski definition) is 0. The Bertz CT molecular complexity index is 226. The first-order chi connectivity index (χ1) is 12.7. The minimum absolute atomic E-state index is 1.14. The van der Waals surface area contributed by atoms with Crippen molar-refractivity contribution < 1.29 is 0 Å². The molecule has 0 N–H and O–H groups in total. The fourth-order valence-electron chi connectivity index (χ4n) is 4.04. The largest absolute Gasteiger partial charge is 0.130 e. The van der Waals surface area contributed by atoms with Crippen LogP contribution < -0.4 is 0 Å². The smallest absolute Gasteiger partial charge is 0.126 e. The lowest BCUT2D eigenvalue weighted by Gasteiger charge is -2.25. The monoisotopic (exact) mass is 446 g/mol. The Hall–Kier alpha value is 0.697. The van der Waals surface area contributed by atoms with Gasteiger partial charge in [0.05, 0.1) is 0 Å². The molecule has 26 heavy (non-hydrogen) atoms. The summed E-state index contributed by atoms with van der Waals surface area (Å²) in [6, 6.07) is 4.63. The maximum absolute atomic E-state index is 4.37. The second-order valence-electron chi connectivity index (χ2n) is 8.70. The fourth-order valence-corrected chi connectivity index (χ4v) is 9.97. The Morgan fingerprint density at radius 1 is 0.385 bits per heavy atom. The summed E-state index contributed by atoms with van der Waals surface area (Å²) in [7, 11) is 0. The molecule has 0 aromatic heterocycles. The zero-order valence-electron chi connectivity index (χ0n) is 18.7. The van der Waals surface area contributed by atoms with Crippen LogP contribution >= 0.6 is 15.3 Å². The highest BCUT2D eigenvalue weighted by Crippen LogP contribution is 2.34. The molecule has 0 atom stereocenters. The van der Waals surface area contributed by atoms with Gasteiger partial charge in [0.2, 0.25) is 0 Å². The number of unbranched alkanes of at least 4 members (excludes halogenated alkanes) is 15. The molecule has 0 aliphatic rings. The molecule has 0 bridgehead atoms. The summed E-state index contributed by atoms with van der Waals surface area (Å²) in [5.74, 6) is 0. The molecule has 2 heteroatoms. The van der Waals surface area contributed by atoms with Crippen LogP contribution in [0.5, 0.6) is 0 Å². The van der Waals surface area contributed by atoms with Crippen LogP contribution in [-0.4, -0.2) is 6.69 Å². The van der Waals surface area contributed by atoms with Crippen LogP contribution in [0.3, 0.4) is 0 Å². The molecule has 0 nitrogen and oxygen atoms in total. The van der Waals surface area contributed by atoms with Crippen LogP contribution in [0.25, 0.3) is 0 Å². The van der Waals surface area contributed by atoms with E-state index in [1.54, 1.807) is 18.1 Å². The van der Waals surface area contributed by atoms with Gasteiger partial charge in [-0.15, -0.1) is 15.3 Å². The molecule has 0 heterocycles. The molecule has 0 spiro atoms. The first kappa shape index (κ1) is 26.7. The molecule has 0 aliphatic heterocycles. The molecule has 0 amide bonds. The quantitative estimate of drug-likeness (QED) is 0.0932. The molecule has 0 rings (SSSR count). The predicted molar refractivity (Wildman–Crippen MR) is 129 cm³/mol. The summed E-state index contributed by atoms with van der Waals surface area (Å²) < 4.78 is 0. The number of rotatable bonds is 21. The zero-order valence-corrected chi connectivity index (χ0v) is 21.3. The molecule has 0 fully saturated rings. The van der Waals surface area contributed by atoms with Crippen LogP contribution in [0, 0.1) is 0 Å². The lowest BCUT2D eigenvalue weighted by molar-refractivity contribution is 0.609. The summed E-state index contributed by atoms with van der Waals surface area (Å²) >= 11 is 4.37. The van der Waals surface area contributed by atoms with Gasteiger partial charge in [0.15, 0.2) is 0 Å². The third-order valence-corrected chi connectivity index (χ3v) is 13.3. The van der Waals surface area contributed by atoms with E-state index in [9.17, 15) is 0 Å². The average molecular weight is 448 g/mol. The second-order valence-corrected chi connectivity index (χ2v) is 17.6. The maximum Gasteiger partial charge on any atom is 0.130 e. The van der Waals surface area contributed by atoms with Gasteiger partial charge in [-0.2, -0.15) is 0 Å². The van der Waals surface area contributed by atoms with Crippen molar-refractivity contribution in [2.75, 3.05) is 0 Å². The van der Waals surface area contributed by atoms with Crippen LogP contribution in [0.1, 0.15) is 136 Å². The Morgan fingerprint density at radius 3 is 0.885 bits per heavy atom. The minimum atomic E-state index is -1.14. The van der Waals surface area contributed by atoms with Gasteiger partial charge in [0.25, 0.3) is 0 Å². The SMILES string of the molecule is CCCCCCCC[Si](Br)(CCCCCCCC)CCCCCCCC. The van der Waals surface area contributed by atoms with Gasteiger partial charge < -0.3 is 0 Å². The molecule has 158 valence electrons. The van der Waals surface area contributed by atoms with Gasteiger partial charge in [0, 0.05) is 0 Å². The van der Waals surface area contributed by atoms with Crippen molar-refractivity contribution in [1.82, 2.24) is 0 Å². The van der Waals surface area contributed by atoms with Gasteiger partial charge >= 0.3 is 0 Å². The van der Waals surface area contributed by atoms with E-state index < -0.39 is 6.69 Å². The van der Waals surface area contributed by atoms with E-state index in [-0.39, 0.29) is 0 Å². The van der Waals surface area contributed by atoms with Crippen molar-refractivity contribution in [1.29, 1.82) is 0 Å². The van der Waals surface area contributed by atoms with Crippen LogP contribution in [0.4, 0.5) is 0 Å². The van der Waals surface area contributed by atoms with Crippen LogP contribution in [-0.2, 0) is 0 Å². The van der Waals surface area contributed by atoms with Crippen LogP contribution in [0.2, 0.25) is 18.1 Å². The average Bonchev–Trinajstić information content (AvgIpc) is 2.64. The van der Waals surface area contributed by atoms with Gasteiger partial charge in [-0.25, -0.2) is 0 Å². The molecule has 0 saturated carbocycles. The summed E-state index contributed by atoms with van der Waals surface area (Å²) in [6.45, 7) is 5.81. The van der Waals surface area contributed by atoms with Crippen LogP contribution in [0.15, 0.2) is 0 Å². The summed E-state index contributed by atoms with van der Waals surface area (Å²) in [5, 5.41) is 0. The third-order valence-electron chi connectivity index (χ3n) is 5.94. The van der Waals surface area contributed by atoms with Crippen molar-refractivity contribution in [3.63, 3.8) is 0 Å². The van der Waals surface area contributed by atoms with E-state index in [2.05, 4.69) is 36.1 Å². The van der Waals surface area contributed by atoms with E-state index in [1.165, 1.54) is 116 Å². The van der Waals surface area contributed by atoms with E-state index in [1.807, 2.05) is 0 Å². The lowest BCUT2D eigenvalue weighted by Crippen LogP contribution is -2.25. The first-order valence-electron chi connectivity index (χ1n) is 12.4.